The summed E-state index contributed by atoms with van der Waals surface area (Å²) in [5.74, 6) is -0.608. The van der Waals surface area contributed by atoms with Crippen LogP contribution in [-0.4, -0.2) is 19.3 Å². The number of halogens is 4. The predicted molar refractivity (Wildman–Crippen MR) is 117 cm³/mol. The third-order valence-electron chi connectivity index (χ3n) is 4.95. The molecule has 34 heavy (non-hydrogen) atoms. The summed E-state index contributed by atoms with van der Waals surface area (Å²) >= 11 is 0.670. The molecular formula is C23H12F4N4O2S. The topological polar surface area (TPSA) is 84.7 Å². The number of alkyl halides is 3. The zero-order valence-electron chi connectivity index (χ0n) is 16.9. The molecule has 0 radical (unpaired) electrons. The van der Waals surface area contributed by atoms with E-state index in [1.54, 1.807) is 24.3 Å². The molecule has 0 amide bonds. The summed E-state index contributed by atoms with van der Waals surface area (Å²) in [5.41, 5.74) is 0.936. The molecule has 0 bridgehead atoms. The monoisotopic (exact) mass is 484 g/mol. The van der Waals surface area contributed by atoms with Crippen LogP contribution in [0, 0.1) is 5.82 Å². The normalized spacial score (nSPS) is 11.6. The van der Waals surface area contributed by atoms with E-state index in [2.05, 4.69) is 19.3 Å². The second-order valence-electron chi connectivity index (χ2n) is 7.19. The Morgan fingerprint density at radius 3 is 2.41 bits per heavy atom. The lowest BCUT2D eigenvalue weighted by Gasteiger charge is -2.11. The van der Waals surface area contributed by atoms with Crippen LogP contribution >= 0.6 is 11.5 Å². The van der Waals surface area contributed by atoms with Crippen LogP contribution in [0.2, 0.25) is 0 Å². The van der Waals surface area contributed by atoms with Gasteiger partial charge in [0.2, 0.25) is 0 Å². The number of nitrogens with one attached hydrogen (secondary N) is 1. The zero-order valence-corrected chi connectivity index (χ0v) is 17.7. The van der Waals surface area contributed by atoms with Gasteiger partial charge in [0.05, 0.1) is 23.8 Å². The lowest BCUT2D eigenvalue weighted by Crippen LogP contribution is -2.10. The summed E-state index contributed by atoms with van der Waals surface area (Å²) in [4.78, 5) is 21.5. The largest absolute Gasteiger partial charge is 0.472 e. The number of hydrogen-bond donors (Lipinski definition) is 1. The van der Waals surface area contributed by atoms with Crippen LogP contribution in [0.5, 0.6) is 0 Å². The van der Waals surface area contributed by atoms with Gasteiger partial charge in [-0.25, -0.2) is 14.4 Å². The Morgan fingerprint density at radius 2 is 1.71 bits per heavy atom. The van der Waals surface area contributed by atoms with Crippen molar-refractivity contribution in [2.24, 2.45) is 0 Å². The first kappa shape index (κ1) is 21.7. The Labute approximate surface area is 192 Å². The fourth-order valence-corrected chi connectivity index (χ4v) is 3.81. The molecule has 0 aliphatic carbocycles. The van der Waals surface area contributed by atoms with Crippen molar-refractivity contribution in [3.8, 4) is 45.2 Å². The highest BCUT2D eigenvalue weighted by Crippen LogP contribution is 2.34. The van der Waals surface area contributed by atoms with Gasteiger partial charge < -0.3 is 4.42 Å². The predicted octanol–water partition coefficient (Wildman–Crippen LogP) is 6.04. The fraction of sp³-hybridized carbons (Fsp3) is 0.0435. The van der Waals surface area contributed by atoms with E-state index in [1.807, 2.05) is 0 Å². The van der Waals surface area contributed by atoms with Crippen LogP contribution in [0.3, 0.4) is 0 Å². The molecule has 0 saturated heterocycles. The Morgan fingerprint density at radius 1 is 0.912 bits per heavy atom. The summed E-state index contributed by atoms with van der Waals surface area (Å²) in [6.07, 6.45) is -2.04. The van der Waals surface area contributed by atoms with Gasteiger partial charge in [-0.15, -0.1) is 0 Å². The average molecular weight is 484 g/mol. The van der Waals surface area contributed by atoms with Crippen LogP contribution < -0.4 is 4.87 Å². The summed E-state index contributed by atoms with van der Waals surface area (Å²) in [7, 11) is 0. The molecule has 0 aliphatic rings. The number of benzene rings is 2. The van der Waals surface area contributed by atoms with Crippen LogP contribution in [-0.2, 0) is 6.18 Å². The Balaban J connectivity index is 1.61. The van der Waals surface area contributed by atoms with E-state index < -0.39 is 22.6 Å². The molecule has 3 aromatic heterocycles. The van der Waals surface area contributed by atoms with Gasteiger partial charge in [-0.3, -0.25) is 9.78 Å². The van der Waals surface area contributed by atoms with Crippen molar-refractivity contribution in [2.75, 3.05) is 0 Å². The Kier molecular flexibility index (Phi) is 5.33. The molecule has 0 unspecified atom stereocenters. The van der Waals surface area contributed by atoms with Gasteiger partial charge in [-0.05, 0) is 41.5 Å². The van der Waals surface area contributed by atoms with Crippen molar-refractivity contribution in [1.29, 1.82) is 0 Å². The minimum Gasteiger partial charge on any atom is -0.472 e. The van der Waals surface area contributed by atoms with Crippen LogP contribution in [0.15, 0.2) is 76.3 Å². The van der Waals surface area contributed by atoms with E-state index in [1.165, 1.54) is 36.8 Å². The highest BCUT2D eigenvalue weighted by molar-refractivity contribution is 7.03. The number of nitrogens with zero attached hydrogens (tertiary/aromatic N) is 3. The smallest absolute Gasteiger partial charge is 0.433 e. The van der Waals surface area contributed by atoms with Crippen molar-refractivity contribution in [2.45, 2.75) is 6.18 Å². The number of hydrogen-bond acceptors (Lipinski definition) is 6. The van der Waals surface area contributed by atoms with Gasteiger partial charge in [0.25, 0.3) is 0 Å². The van der Waals surface area contributed by atoms with Crippen molar-refractivity contribution in [3.63, 3.8) is 0 Å². The maximum absolute atomic E-state index is 14.4. The number of rotatable bonds is 4. The average Bonchev–Trinajstić information content (AvgIpc) is 3.51. The highest BCUT2D eigenvalue weighted by atomic mass is 32.1. The summed E-state index contributed by atoms with van der Waals surface area (Å²) in [6.45, 7) is 0. The van der Waals surface area contributed by atoms with Crippen molar-refractivity contribution >= 4 is 11.5 Å². The fourth-order valence-electron chi connectivity index (χ4n) is 3.35. The molecule has 0 saturated carbocycles. The molecule has 0 fully saturated rings. The molecule has 2 aromatic carbocycles. The maximum Gasteiger partial charge on any atom is 0.433 e. The minimum absolute atomic E-state index is 0.0630. The quantitative estimate of drug-likeness (QED) is 0.315. The van der Waals surface area contributed by atoms with E-state index in [0.717, 1.165) is 6.07 Å². The summed E-state index contributed by atoms with van der Waals surface area (Å²) < 4.78 is 63.8. The lowest BCUT2D eigenvalue weighted by molar-refractivity contribution is -0.141. The highest BCUT2D eigenvalue weighted by Gasteiger charge is 2.34. The van der Waals surface area contributed by atoms with Gasteiger partial charge in [0.15, 0.2) is 11.6 Å². The Bertz CT molecular complexity index is 1540. The number of aromatic amines is 1. The van der Waals surface area contributed by atoms with E-state index in [-0.39, 0.29) is 22.9 Å². The molecular weight excluding hydrogens is 472 g/mol. The third kappa shape index (κ3) is 4.25. The molecule has 170 valence electrons. The van der Waals surface area contributed by atoms with Crippen LogP contribution in [0.25, 0.3) is 45.2 Å². The van der Waals surface area contributed by atoms with E-state index in [4.69, 9.17) is 4.42 Å². The molecule has 5 aromatic rings. The van der Waals surface area contributed by atoms with Crippen molar-refractivity contribution < 1.29 is 22.0 Å². The second-order valence-corrected chi connectivity index (χ2v) is 7.93. The van der Waals surface area contributed by atoms with Gasteiger partial charge in [0.1, 0.15) is 11.5 Å². The van der Waals surface area contributed by atoms with Gasteiger partial charge in [0, 0.05) is 22.7 Å². The van der Waals surface area contributed by atoms with Gasteiger partial charge in [-0.2, -0.15) is 17.5 Å². The summed E-state index contributed by atoms with van der Waals surface area (Å²) in [6, 6.07) is 13.2. The number of furan rings is 1. The first-order valence-electron chi connectivity index (χ1n) is 9.73. The van der Waals surface area contributed by atoms with E-state index >= 15 is 0 Å². The third-order valence-corrected chi connectivity index (χ3v) is 5.49. The minimum atomic E-state index is -4.68. The van der Waals surface area contributed by atoms with Crippen molar-refractivity contribution in [1.82, 2.24) is 19.3 Å². The molecule has 0 aliphatic heterocycles. The van der Waals surface area contributed by atoms with Crippen molar-refractivity contribution in [3.05, 3.63) is 88.3 Å². The molecule has 0 atom stereocenters. The molecule has 6 nitrogen and oxygen atoms in total. The van der Waals surface area contributed by atoms with Gasteiger partial charge >= 0.3 is 11.0 Å². The first-order valence-corrected chi connectivity index (χ1v) is 10.5. The molecule has 1 N–H and O–H groups in total. The first-order chi connectivity index (χ1) is 16.3. The maximum atomic E-state index is 14.4. The Hall–Kier alpha value is -4.12. The van der Waals surface area contributed by atoms with Crippen LogP contribution in [0.1, 0.15) is 5.69 Å². The van der Waals surface area contributed by atoms with E-state index in [9.17, 15) is 22.4 Å². The number of H-pyrrole nitrogens is 1. The second kappa shape index (κ2) is 8.34. The molecule has 5 rings (SSSR count). The molecule has 3 heterocycles. The SMILES string of the molecule is O=c1[nH]c(-c2cc(-c3cccc(-c4nc(-c5ccoc5)cc(C(F)(F)F)n4)c3)ccc2F)ns1. The zero-order chi connectivity index (χ0) is 23.9. The van der Waals surface area contributed by atoms with E-state index in [0.29, 0.717) is 33.8 Å². The summed E-state index contributed by atoms with van der Waals surface area (Å²) in [5, 5.41) is 0. The molecule has 11 heteroatoms. The van der Waals surface area contributed by atoms with Gasteiger partial charge in [-0.1, -0.05) is 24.3 Å². The number of aromatic nitrogens is 4. The molecule has 0 spiro atoms. The van der Waals surface area contributed by atoms with Crippen LogP contribution in [0.4, 0.5) is 17.6 Å². The standard InChI is InChI=1S/C23H12F4N4O2S/c24-17-5-4-13(9-16(17)21-30-22(32)34-31-21)12-2-1-3-14(8-12)20-28-18(15-6-7-33-11-15)10-19(29-20)23(25,26)27/h1-11H,(H,30,31,32). The lowest BCUT2D eigenvalue weighted by atomic mass is 10.00.